The smallest absolute Gasteiger partial charge is 1.00 e. The average Bonchev–Trinajstić information content (AvgIpc) is 3.69. The molecule has 2 aliphatic heterocycles. The van der Waals surface area contributed by atoms with Gasteiger partial charge in [-0.3, -0.25) is 9.98 Å². The zero-order valence-corrected chi connectivity index (χ0v) is 30.5. The molecule has 2 nitrogen and oxygen atoms in total. The summed E-state index contributed by atoms with van der Waals surface area (Å²) in [5, 5.41) is 0. The Bertz CT molecular complexity index is 1440. The molecule has 0 bridgehead atoms. The molecule has 0 N–H and O–H groups in total. The Labute approximate surface area is 290 Å². The van der Waals surface area contributed by atoms with Gasteiger partial charge in [-0.05, 0) is 81.4 Å². The molecule has 2 heterocycles. The van der Waals surface area contributed by atoms with Gasteiger partial charge < -0.3 is 24.8 Å². The molecular weight excluding hydrogens is 647 g/mol. The zero-order valence-electron chi connectivity index (χ0n) is 26.5. The molecule has 0 saturated carbocycles. The van der Waals surface area contributed by atoms with Crippen molar-refractivity contribution in [1.82, 2.24) is 0 Å². The van der Waals surface area contributed by atoms with E-state index in [1.165, 1.54) is 67.4 Å². The summed E-state index contributed by atoms with van der Waals surface area (Å²) in [5.41, 5.74) is 15.4. The van der Waals surface area contributed by atoms with E-state index in [0.717, 1.165) is 0 Å². The number of benzene rings is 2. The van der Waals surface area contributed by atoms with Crippen molar-refractivity contribution in [3.05, 3.63) is 130 Å². The maximum absolute atomic E-state index is 4.88. The minimum absolute atomic E-state index is 0. The Hall–Kier alpha value is -2.32. The van der Waals surface area contributed by atoms with Crippen LogP contribution in [0.5, 0.6) is 0 Å². The van der Waals surface area contributed by atoms with Crippen molar-refractivity contribution in [2.24, 2.45) is 33.7 Å². The van der Waals surface area contributed by atoms with Crippen molar-refractivity contribution in [2.45, 2.75) is 55.4 Å². The Morgan fingerprint density at radius 1 is 0.419 bits per heavy atom. The predicted molar refractivity (Wildman–Crippen MR) is 173 cm³/mol. The van der Waals surface area contributed by atoms with Crippen LogP contribution in [-0.4, -0.2) is 11.4 Å². The summed E-state index contributed by atoms with van der Waals surface area (Å²) >= 11 is 0. The van der Waals surface area contributed by atoms with E-state index in [1.807, 2.05) is 0 Å². The van der Waals surface area contributed by atoms with Gasteiger partial charge in [0, 0.05) is 22.6 Å². The first-order valence-electron chi connectivity index (χ1n) is 14.8. The van der Waals surface area contributed by atoms with E-state index in [2.05, 4.69) is 140 Å². The molecule has 43 heavy (non-hydrogen) atoms. The molecule has 0 aromatic heterocycles. The minimum atomic E-state index is 0. The summed E-state index contributed by atoms with van der Waals surface area (Å²) in [7, 11) is 0. The van der Waals surface area contributed by atoms with E-state index in [-0.39, 0.29) is 51.0 Å². The van der Waals surface area contributed by atoms with Gasteiger partial charge in [-0.1, -0.05) is 116 Å². The third kappa shape index (κ3) is 7.68. The standard InChI is InChI=1S/2C19H21N.2ClH.Zr/c2*1-12(2)15-10-16(14-8-6-5-7-9-14)17-11-18(13(3)4)20-19(15)17;;;/h2*5-13H,1-4H3;2*1H;/q;;;;+2/p-2. The molecule has 0 radical (unpaired) electrons. The minimum Gasteiger partial charge on any atom is -1.00 e. The molecule has 0 amide bonds. The molecular formula is C38H42Cl2N2Zr. The molecule has 0 unspecified atom stereocenters. The number of hydrogen-bond acceptors (Lipinski definition) is 2. The number of aliphatic imine (C=N–C) groups is 2. The number of fused-ring (bicyclic) bond motifs is 2. The van der Waals surface area contributed by atoms with Crippen LogP contribution in [0.1, 0.15) is 66.5 Å². The molecule has 6 rings (SSSR count). The van der Waals surface area contributed by atoms with Gasteiger partial charge in [0.05, 0.1) is 11.4 Å². The van der Waals surface area contributed by atoms with Crippen LogP contribution in [0.3, 0.4) is 0 Å². The third-order valence-electron chi connectivity index (χ3n) is 7.90. The molecule has 2 aromatic rings. The van der Waals surface area contributed by atoms with Crippen LogP contribution >= 0.6 is 0 Å². The van der Waals surface area contributed by atoms with Crippen molar-refractivity contribution in [3.8, 4) is 0 Å². The molecule has 2 aliphatic carbocycles. The van der Waals surface area contributed by atoms with E-state index >= 15 is 0 Å². The second-order valence-electron chi connectivity index (χ2n) is 12.3. The molecule has 0 atom stereocenters. The van der Waals surface area contributed by atoms with Crippen LogP contribution < -0.4 is 24.8 Å². The van der Waals surface area contributed by atoms with Crippen LogP contribution in [0.25, 0.3) is 11.1 Å². The summed E-state index contributed by atoms with van der Waals surface area (Å²) in [6.45, 7) is 17.8. The summed E-state index contributed by atoms with van der Waals surface area (Å²) in [6, 6.07) is 21.3. The Kier molecular flexibility index (Phi) is 13.4. The Morgan fingerprint density at radius 2 is 0.744 bits per heavy atom. The largest absolute Gasteiger partial charge is 2.00 e. The second kappa shape index (κ2) is 15.6. The summed E-state index contributed by atoms with van der Waals surface area (Å²) in [6.07, 6.45) is 9.19. The van der Waals surface area contributed by atoms with Gasteiger partial charge in [0.15, 0.2) is 0 Å². The van der Waals surface area contributed by atoms with Crippen LogP contribution in [-0.2, 0) is 26.2 Å². The van der Waals surface area contributed by atoms with E-state index in [4.69, 9.17) is 9.98 Å². The van der Waals surface area contributed by atoms with Gasteiger partial charge in [0.1, 0.15) is 0 Å². The van der Waals surface area contributed by atoms with E-state index in [1.54, 1.807) is 0 Å². The number of nitrogens with zero attached hydrogens (tertiary/aromatic N) is 2. The monoisotopic (exact) mass is 686 g/mol. The fourth-order valence-corrected chi connectivity index (χ4v) is 5.51. The molecule has 5 heteroatoms. The SMILES string of the molecule is CC(C)C1=NC2=C(C(C)C)C=C(c3ccccc3)C2=C1.CC(C)C1=NC2=C(C(C)C)C=C(c3ccccc3)C2=C1.[Cl-].[Cl-].[Zr+2]. The van der Waals surface area contributed by atoms with Gasteiger partial charge in [0.25, 0.3) is 0 Å². The molecule has 222 valence electrons. The number of allylic oxidation sites excluding steroid dienone is 8. The average molecular weight is 689 g/mol. The van der Waals surface area contributed by atoms with Gasteiger partial charge in [-0.15, -0.1) is 0 Å². The Morgan fingerprint density at radius 3 is 1.02 bits per heavy atom. The fourth-order valence-electron chi connectivity index (χ4n) is 5.51. The summed E-state index contributed by atoms with van der Waals surface area (Å²) in [4.78, 5) is 9.76. The van der Waals surface area contributed by atoms with Gasteiger partial charge >= 0.3 is 26.2 Å². The van der Waals surface area contributed by atoms with Crippen LogP contribution in [0.2, 0.25) is 0 Å². The van der Waals surface area contributed by atoms with Crippen molar-refractivity contribution >= 4 is 22.6 Å². The van der Waals surface area contributed by atoms with E-state index in [9.17, 15) is 0 Å². The molecule has 4 aliphatic rings. The number of rotatable bonds is 6. The van der Waals surface area contributed by atoms with Crippen LogP contribution in [0.15, 0.2) is 129 Å². The zero-order chi connectivity index (χ0) is 28.6. The van der Waals surface area contributed by atoms with E-state index in [0.29, 0.717) is 23.7 Å². The van der Waals surface area contributed by atoms with Crippen LogP contribution in [0.4, 0.5) is 0 Å². The normalized spacial score (nSPS) is 16.4. The molecule has 0 fully saturated rings. The van der Waals surface area contributed by atoms with Crippen LogP contribution in [0, 0.1) is 23.7 Å². The predicted octanol–water partition coefficient (Wildman–Crippen LogP) is 4.07. The third-order valence-corrected chi connectivity index (χ3v) is 7.90. The topological polar surface area (TPSA) is 24.7 Å². The van der Waals surface area contributed by atoms with Gasteiger partial charge in [-0.25, -0.2) is 0 Å². The van der Waals surface area contributed by atoms with Crippen molar-refractivity contribution in [2.75, 3.05) is 0 Å². The fraction of sp³-hybridized carbons (Fsp3) is 0.316. The second-order valence-corrected chi connectivity index (χ2v) is 12.3. The van der Waals surface area contributed by atoms with Crippen molar-refractivity contribution in [1.29, 1.82) is 0 Å². The summed E-state index contributed by atoms with van der Waals surface area (Å²) in [5.74, 6) is 1.96. The first kappa shape index (κ1) is 36.9. The first-order chi connectivity index (χ1) is 19.2. The molecule has 2 aromatic carbocycles. The van der Waals surface area contributed by atoms with Gasteiger partial charge in [0.2, 0.25) is 0 Å². The molecule has 0 spiro atoms. The Balaban J connectivity index is 0.000000281. The van der Waals surface area contributed by atoms with Crippen molar-refractivity contribution < 1.29 is 51.0 Å². The molecule has 0 saturated heterocycles. The first-order valence-corrected chi connectivity index (χ1v) is 14.8. The van der Waals surface area contributed by atoms with E-state index < -0.39 is 0 Å². The quantitative estimate of drug-likeness (QED) is 0.438. The number of hydrogen-bond donors (Lipinski definition) is 0. The summed E-state index contributed by atoms with van der Waals surface area (Å²) < 4.78 is 0. The maximum atomic E-state index is 4.88. The maximum Gasteiger partial charge on any atom is 2.00 e. The van der Waals surface area contributed by atoms with Crippen molar-refractivity contribution in [3.63, 3.8) is 0 Å². The van der Waals surface area contributed by atoms with Gasteiger partial charge in [-0.2, -0.15) is 0 Å². The number of halogens is 2.